The van der Waals surface area contributed by atoms with E-state index in [4.69, 9.17) is 4.18 Å². The van der Waals surface area contributed by atoms with Gasteiger partial charge in [-0.2, -0.15) is 8.42 Å². The molecule has 0 spiro atoms. The van der Waals surface area contributed by atoms with Crippen LogP contribution in [-0.4, -0.2) is 15.0 Å². The van der Waals surface area contributed by atoms with Crippen LogP contribution in [0.5, 0.6) is 0 Å². The van der Waals surface area contributed by atoms with Crippen LogP contribution in [0.3, 0.4) is 0 Å². The summed E-state index contributed by atoms with van der Waals surface area (Å²) in [6.45, 7) is 4.32. The van der Waals surface area contributed by atoms with Crippen molar-refractivity contribution in [2.24, 2.45) is 5.41 Å². The maximum atomic E-state index is 11.9. The molecule has 2 rings (SSSR count). The highest BCUT2D eigenvalue weighted by Gasteiger charge is 2.42. The van der Waals surface area contributed by atoms with Gasteiger partial charge in [0.1, 0.15) is 0 Å². The van der Waals surface area contributed by atoms with E-state index in [1.165, 1.54) is 0 Å². The molecule has 0 atom stereocenters. The molecule has 0 amide bonds. The molecule has 1 aliphatic carbocycles. The number of hydrogen-bond acceptors (Lipinski definition) is 3. The maximum Gasteiger partial charge on any atom is 0.296 e. The molecule has 0 N–H and O–H groups in total. The minimum absolute atomic E-state index is 0.123. The number of rotatable bonds is 5. The quantitative estimate of drug-likeness (QED) is 0.759. The molecule has 0 aliphatic heterocycles. The zero-order chi connectivity index (χ0) is 12.5. The first kappa shape index (κ1) is 12.6. The Kier molecular flexibility index (Phi) is 3.27. The van der Waals surface area contributed by atoms with Gasteiger partial charge in [-0.3, -0.25) is 4.18 Å². The lowest BCUT2D eigenvalue weighted by atomic mass is 10.1. The van der Waals surface area contributed by atoms with E-state index >= 15 is 0 Å². The Bertz CT molecular complexity index is 484. The molecule has 0 heterocycles. The van der Waals surface area contributed by atoms with Gasteiger partial charge in [0.05, 0.1) is 11.5 Å². The lowest BCUT2D eigenvalue weighted by Gasteiger charge is -2.12. The van der Waals surface area contributed by atoms with Gasteiger partial charge in [-0.25, -0.2) is 0 Å². The average Bonchev–Trinajstić information content (AvgIpc) is 3.08. The summed E-state index contributed by atoms with van der Waals surface area (Å²) in [6, 6.07) is 6.75. The highest BCUT2D eigenvalue weighted by Crippen LogP contribution is 2.49. The Morgan fingerprint density at radius 2 is 1.82 bits per heavy atom. The van der Waals surface area contributed by atoms with Crippen molar-refractivity contribution in [3.63, 3.8) is 0 Å². The molecule has 0 unspecified atom stereocenters. The molecular formula is C13H18O3S. The summed E-state index contributed by atoms with van der Waals surface area (Å²) in [5.74, 6) is 0. The van der Waals surface area contributed by atoms with Crippen molar-refractivity contribution in [1.82, 2.24) is 0 Å². The SMILES string of the molecule is CCC1(COS(=O)(=O)c2ccc(C)cc2)CC1. The van der Waals surface area contributed by atoms with E-state index in [9.17, 15) is 8.42 Å². The van der Waals surface area contributed by atoms with Crippen LogP contribution >= 0.6 is 0 Å². The summed E-state index contributed by atoms with van der Waals surface area (Å²) >= 11 is 0. The molecule has 1 fully saturated rings. The van der Waals surface area contributed by atoms with Crippen molar-refractivity contribution in [3.8, 4) is 0 Å². The summed E-state index contributed by atoms with van der Waals surface area (Å²) in [7, 11) is -3.58. The normalized spacial score (nSPS) is 18.0. The van der Waals surface area contributed by atoms with Crippen molar-refractivity contribution in [2.45, 2.75) is 38.0 Å². The topological polar surface area (TPSA) is 43.4 Å². The van der Waals surface area contributed by atoms with E-state index < -0.39 is 10.1 Å². The first-order chi connectivity index (χ1) is 7.97. The third kappa shape index (κ3) is 2.87. The molecule has 0 bridgehead atoms. The Balaban J connectivity index is 2.06. The third-order valence-electron chi connectivity index (χ3n) is 3.54. The molecule has 0 aromatic heterocycles. The molecule has 1 saturated carbocycles. The predicted molar refractivity (Wildman–Crippen MR) is 66.3 cm³/mol. The van der Waals surface area contributed by atoms with Gasteiger partial charge in [0.25, 0.3) is 10.1 Å². The summed E-state index contributed by atoms with van der Waals surface area (Å²) < 4.78 is 29.0. The molecule has 4 heteroatoms. The van der Waals surface area contributed by atoms with Crippen LogP contribution < -0.4 is 0 Å². The first-order valence-electron chi connectivity index (χ1n) is 5.94. The molecule has 17 heavy (non-hydrogen) atoms. The number of aryl methyl sites for hydroxylation is 1. The molecule has 0 radical (unpaired) electrons. The van der Waals surface area contributed by atoms with Gasteiger partial charge < -0.3 is 0 Å². The molecule has 1 aromatic rings. The summed E-state index contributed by atoms with van der Waals surface area (Å²) in [6.07, 6.45) is 3.14. The minimum Gasteiger partial charge on any atom is -0.266 e. The van der Waals surface area contributed by atoms with Gasteiger partial charge in [-0.15, -0.1) is 0 Å². The van der Waals surface area contributed by atoms with Crippen LogP contribution in [-0.2, 0) is 14.3 Å². The second kappa shape index (κ2) is 4.42. The summed E-state index contributed by atoms with van der Waals surface area (Å²) in [4.78, 5) is 0.245. The van der Waals surface area contributed by atoms with Gasteiger partial charge in [-0.1, -0.05) is 24.6 Å². The van der Waals surface area contributed by atoms with Gasteiger partial charge in [0.2, 0.25) is 0 Å². The molecule has 3 nitrogen and oxygen atoms in total. The van der Waals surface area contributed by atoms with Crippen molar-refractivity contribution in [1.29, 1.82) is 0 Å². The molecule has 94 valence electrons. The van der Waals surface area contributed by atoms with Gasteiger partial charge in [0.15, 0.2) is 0 Å². The molecule has 0 saturated heterocycles. The molecule has 1 aliphatic rings. The fourth-order valence-electron chi connectivity index (χ4n) is 1.75. The second-order valence-electron chi connectivity index (χ2n) is 4.88. The minimum atomic E-state index is -3.58. The Morgan fingerprint density at radius 1 is 1.24 bits per heavy atom. The van der Waals surface area contributed by atoms with Crippen LogP contribution in [0.1, 0.15) is 31.7 Å². The van der Waals surface area contributed by atoms with Crippen LogP contribution in [0.4, 0.5) is 0 Å². The van der Waals surface area contributed by atoms with E-state index in [1.807, 2.05) is 6.92 Å². The van der Waals surface area contributed by atoms with Crippen LogP contribution in [0.15, 0.2) is 29.2 Å². The van der Waals surface area contributed by atoms with Crippen molar-refractivity contribution >= 4 is 10.1 Å². The lowest BCUT2D eigenvalue weighted by molar-refractivity contribution is 0.235. The first-order valence-corrected chi connectivity index (χ1v) is 7.34. The zero-order valence-electron chi connectivity index (χ0n) is 10.3. The van der Waals surface area contributed by atoms with Crippen molar-refractivity contribution in [3.05, 3.63) is 29.8 Å². The summed E-state index contributed by atoms with van der Waals surface area (Å²) in [5, 5.41) is 0. The second-order valence-corrected chi connectivity index (χ2v) is 6.50. The van der Waals surface area contributed by atoms with E-state index in [-0.39, 0.29) is 10.3 Å². The fraction of sp³-hybridized carbons (Fsp3) is 0.538. The van der Waals surface area contributed by atoms with E-state index in [2.05, 4.69) is 6.92 Å². The monoisotopic (exact) mass is 254 g/mol. The van der Waals surface area contributed by atoms with E-state index in [0.717, 1.165) is 24.8 Å². The fourth-order valence-corrected chi connectivity index (χ4v) is 2.76. The van der Waals surface area contributed by atoms with Crippen LogP contribution in [0, 0.1) is 12.3 Å². The Labute approximate surface area is 103 Å². The summed E-state index contributed by atoms with van der Waals surface area (Å²) in [5.41, 5.74) is 1.16. The zero-order valence-corrected chi connectivity index (χ0v) is 11.1. The number of benzene rings is 1. The van der Waals surface area contributed by atoms with E-state index in [0.29, 0.717) is 6.61 Å². The van der Waals surface area contributed by atoms with Gasteiger partial charge >= 0.3 is 0 Å². The average molecular weight is 254 g/mol. The maximum absolute atomic E-state index is 11.9. The largest absolute Gasteiger partial charge is 0.296 e. The smallest absolute Gasteiger partial charge is 0.266 e. The predicted octanol–water partition coefficient (Wildman–Crippen LogP) is 2.89. The van der Waals surface area contributed by atoms with Crippen molar-refractivity contribution < 1.29 is 12.6 Å². The standard InChI is InChI=1S/C13H18O3S/c1-3-13(8-9-13)10-16-17(14,15)12-6-4-11(2)5-7-12/h4-7H,3,8-10H2,1-2H3. The Morgan fingerprint density at radius 3 is 2.29 bits per heavy atom. The number of hydrogen-bond donors (Lipinski definition) is 0. The molecular weight excluding hydrogens is 236 g/mol. The highest BCUT2D eigenvalue weighted by molar-refractivity contribution is 7.86. The highest BCUT2D eigenvalue weighted by atomic mass is 32.2. The Hall–Kier alpha value is -0.870. The van der Waals surface area contributed by atoms with Crippen molar-refractivity contribution in [2.75, 3.05) is 6.61 Å². The third-order valence-corrected chi connectivity index (χ3v) is 4.81. The van der Waals surface area contributed by atoms with Gasteiger partial charge in [0, 0.05) is 0 Å². The van der Waals surface area contributed by atoms with Crippen LogP contribution in [0.25, 0.3) is 0 Å². The van der Waals surface area contributed by atoms with Gasteiger partial charge in [-0.05, 0) is 43.7 Å². The van der Waals surface area contributed by atoms with Crippen LogP contribution in [0.2, 0.25) is 0 Å². The lowest BCUT2D eigenvalue weighted by Crippen LogP contribution is -2.15. The van der Waals surface area contributed by atoms with E-state index in [1.54, 1.807) is 24.3 Å². The molecule has 1 aromatic carbocycles.